The maximum absolute atomic E-state index is 11.7. The fourth-order valence-electron chi connectivity index (χ4n) is 2.54. The van der Waals surface area contributed by atoms with Crippen LogP contribution in [0, 0.1) is 5.41 Å². The van der Waals surface area contributed by atoms with E-state index in [1.165, 1.54) is 0 Å². The second kappa shape index (κ2) is 5.77. The van der Waals surface area contributed by atoms with Crippen molar-refractivity contribution in [1.82, 2.24) is 10.6 Å². The third-order valence-corrected chi connectivity index (χ3v) is 4.19. The quantitative estimate of drug-likeness (QED) is 0.569. The minimum Gasteiger partial charge on any atom is -0.481 e. The van der Waals surface area contributed by atoms with Crippen LogP contribution in [0.4, 0.5) is 4.79 Å². The van der Waals surface area contributed by atoms with Gasteiger partial charge in [-0.2, -0.15) is 0 Å². The SMILES string of the molecule is O=C(NCC1(C(=O)O)CC1)NC1CCCCCC1O. The summed E-state index contributed by atoms with van der Waals surface area (Å²) in [6, 6.07) is -0.596. The van der Waals surface area contributed by atoms with Crippen molar-refractivity contribution in [2.24, 2.45) is 5.41 Å². The van der Waals surface area contributed by atoms with Crippen LogP contribution in [0.5, 0.6) is 0 Å². The maximum atomic E-state index is 11.7. The molecule has 4 N–H and O–H groups in total. The van der Waals surface area contributed by atoms with Crippen LogP contribution >= 0.6 is 0 Å². The van der Waals surface area contributed by atoms with Gasteiger partial charge in [-0.25, -0.2) is 4.79 Å². The molecule has 2 aliphatic rings. The summed E-state index contributed by atoms with van der Waals surface area (Å²) in [5, 5.41) is 24.3. The lowest BCUT2D eigenvalue weighted by Gasteiger charge is -2.22. The molecule has 0 aliphatic heterocycles. The molecular formula is C13H22N2O4. The van der Waals surface area contributed by atoms with Gasteiger partial charge in [0.05, 0.1) is 17.6 Å². The van der Waals surface area contributed by atoms with Crippen LogP contribution in [0.1, 0.15) is 44.9 Å². The first-order valence-electron chi connectivity index (χ1n) is 6.99. The van der Waals surface area contributed by atoms with Crippen molar-refractivity contribution >= 4 is 12.0 Å². The number of aliphatic hydroxyl groups is 1. The van der Waals surface area contributed by atoms with Crippen molar-refractivity contribution < 1.29 is 19.8 Å². The highest BCUT2D eigenvalue weighted by Crippen LogP contribution is 2.45. The Kier molecular flexibility index (Phi) is 4.29. The molecule has 6 nitrogen and oxygen atoms in total. The number of hydrogen-bond acceptors (Lipinski definition) is 3. The molecule has 0 radical (unpaired) electrons. The average molecular weight is 270 g/mol. The van der Waals surface area contributed by atoms with E-state index in [1.807, 2.05) is 0 Å². The molecule has 6 heteroatoms. The van der Waals surface area contributed by atoms with Crippen LogP contribution in [0.2, 0.25) is 0 Å². The molecule has 0 heterocycles. The van der Waals surface area contributed by atoms with E-state index >= 15 is 0 Å². The molecule has 0 aromatic carbocycles. The van der Waals surface area contributed by atoms with Crippen molar-refractivity contribution in [3.63, 3.8) is 0 Å². The van der Waals surface area contributed by atoms with E-state index < -0.39 is 17.5 Å². The Bertz CT molecular complexity index is 355. The van der Waals surface area contributed by atoms with Gasteiger partial charge in [-0.1, -0.05) is 19.3 Å². The largest absolute Gasteiger partial charge is 0.481 e. The van der Waals surface area contributed by atoms with Gasteiger partial charge in [-0.3, -0.25) is 4.79 Å². The van der Waals surface area contributed by atoms with Crippen LogP contribution in [0.15, 0.2) is 0 Å². The molecule has 0 aromatic rings. The summed E-state index contributed by atoms with van der Waals surface area (Å²) in [6.07, 6.45) is 5.30. The Labute approximate surface area is 112 Å². The minimum atomic E-state index is -0.845. The molecule has 2 atom stereocenters. The van der Waals surface area contributed by atoms with Gasteiger partial charge < -0.3 is 20.8 Å². The summed E-state index contributed by atoms with van der Waals surface area (Å²) in [6.45, 7) is 0.164. The summed E-state index contributed by atoms with van der Waals surface area (Å²) in [5.74, 6) is -0.845. The van der Waals surface area contributed by atoms with Crippen molar-refractivity contribution in [3.05, 3.63) is 0 Å². The van der Waals surface area contributed by atoms with E-state index in [0.29, 0.717) is 19.3 Å². The van der Waals surface area contributed by atoms with Gasteiger partial charge in [0.15, 0.2) is 0 Å². The zero-order valence-electron chi connectivity index (χ0n) is 11.0. The number of amides is 2. The molecule has 2 fully saturated rings. The molecule has 2 unspecified atom stereocenters. The van der Waals surface area contributed by atoms with Gasteiger partial charge in [0.2, 0.25) is 0 Å². The smallest absolute Gasteiger partial charge is 0.315 e. The highest BCUT2D eigenvalue weighted by molar-refractivity contribution is 5.80. The molecule has 108 valence electrons. The number of urea groups is 1. The minimum absolute atomic E-state index is 0.164. The van der Waals surface area contributed by atoms with Crippen molar-refractivity contribution in [2.75, 3.05) is 6.54 Å². The first kappa shape index (κ1) is 14.1. The normalized spacial score (nSPS) is 29.1. The molecule has 2 rings (SSSR count). The monoisotopic (exact) mass is 270 g/mol. The van der Waals surface area contributed by atoms with Gasteiger partial charge >= 0.3 is 12.0 Å². The maximum Gasteiger partial charge on any atom is 0.315 e. The third-order valence-electron chi connectivity index (χ3n) is 4.19. The van der Waals surface area contributed by atoms with E-state index in [9.17, 15) is 14.7 Å². The summed E-state index contributed by atoms with van der Waals surface area (Å²) in [7, 11) is 0. The van der Waals surface area contributed by atoms with Crippen LogP contribution in [0.3, 0.4) is 0 Å². The van der Waals surface area contributed by atoms with E-state index in [2.05, 4.69) is 10.6 Å². The first-order chi connectivity index (χ1) is 9.03. The highest BCUT2D eigenvalue weighted by Gasteiger charge is 2.50. The Morgan fingerprint density at radius 2 is 1.84 bits per heavy atom. The summed E-state index contributed by atoms with van der Waals surface area (Å²) in [5.41, 5.74) is -0.751. The molecule has 0 aromatic heterocycles. The number of carboxylic acids is 1. The number of rotatable bonds is 4. The van der Waals surface area contributed by atoms with E-state index in [-0.39, 0.29) is 18.6 Å². The Balaban J connectivity index is 1.76. The number of aliphatic hydroxyl groups excluding tert-OH is 1. The predicted molar refractivity (Wildman–Crippen MR) is 68.7 cm³/mol. The molecule has 2 saturated carbocycles. The molecule has 19 heavy (non-hydrogen) atoms. The standard InChI is InChI=1S/C13H22N2O4/c16-10-5-3-1-2-4-9(10)15-12(19)14-8-13(6-7-13)11(17)18/h9-10,16H,1-8H2,(H,17,18)(H2,14,15,19). The number of hydrogen-bond donors (Lipinski definition) is 4. The molecule has 0 bridgehead atoms. The Morgan fingerprint density at radius 3 is 2.47 bits per heavy atom. The lowest BCUT2D eigenvalue weighted by Crippen LogP contribution is -2.49. The fourth-order valence-corrected chi connectivity index (χ4v) is 2.54. The van der Waals surface area contributed by atoms with Crippen molar-refractivity contribution in [2.45, 2.75) is 57.1 Å². The third kappa shape index (κ3) is 3.59. The summed E-state index contributed by atoms with van der Waals surface area (Å²) < 4.78 is 0. The molecule has 2 amide bonds. The topological polar surface area (TPSA) is 98.7 Å². The first-order valence-corrected chi connectivity index (χ1v) is 6.99. The molecule has 0 saturated heterocycles. The zero-order chi connectivity index (χ0) is 13.9. The van der Waals surface area contributed by atoms with Crippen LogP contribution in [-0.2, 0) is 4.79 Å². The van der Waals surface area contributed by atoms with Gasteiger partial charge in [-0.15, -0.1) is 0 Å². The number of aliphatic carboxylic acids is 1. The van der Waals surface area contributed by atoms with Gasteiger partial charge in [-0.05, 0) is 25.7 Å². The second-order valence-electron chi connectivity index (χ2n) is 5.72. The highest BCUT2D eigenvalue weighted by atomic mass is 16.4. The number of carboxylic acid groups (broad SMARTS) is 1. The van der Waals surface area contributed by atoms with Gasteiger partial charge in [0.25, 0.3) is 0 Å². The summed E-state index contributed by atoms with van der Waals surface area (Å²) >= 11 is 0. The van der Waals surface area contributed by atoms with Crippen LogP contribution < -0.4 is 10.6 Å². The zero-order valence-corrected chi connectivity index (χ0v) is 11.0. The number of carbonyl (C=O) groups excluding carboxylic acids is 1. The van der Waals surface area contributed by atoms with Crippen LogP contribution in [0.25, 0.3) is 0 Å². The number of nitrogens with one attached hydrogen (secondary N) is 2. The van der Waals surface area contributed by atoms with Crippen molar-refractivity contribution in [1.29, 1.82) is 0 Å². The lowest BCUT2D eigenvalue weighted by molar-refractivity contribution is -0.143. The van der Waals surface area contributed by atoms with Crippen LogP contribution in [-0.4, -0.2) is 40.9 Å². The van der Waals surface area contributed by atoms with E-state index in [0.717, 1.165) is 25.7 Å². The Morgan fingerprint density at radius 1 is 1.16 bits per heavy atom. The number of carbonyl (C=O) groups is 2. The van der Waals surface area contributed by atoms with Gasteiger partial charge in [0, 0.05) is 6.54 Å². The van der Waals surface area contributed by atoms with E-state index in [1.54, 1.807) is 0 Å². The molecule has 0 spiro atoms. The lowest BCUT2D eigenvalue weighted by atomic mass is 10.1. The van der Waals surface area contributed by atoms with Gasteiger partial charge in [0.1, 0.15) is 0 Å². The summed E-state index contributed by atoms with van der Waals surface area (Å²) in [4.78, 5) is 22.7. The van der Waals surface area contributed by atoms with E-state index in [4.69, 9.17) is 5.11 Å². The Hall–Kier alpha value is -1.30. The molecular weight excluding hydrogens is 248 g/mol. The van der Waals surface area contributed by atoms with Crippen molar-refractivity contribution in [3.8, 4) is 0 Å². The predicted octanol–water partition coefficient (Wildman–Crippen LogP) is 0.844. The average Bonchev–Trinajstić information content (AvgIpc) is 3.15. The fraction of sp³-hybridized carbons (Fsp3) is 0.846. The molecule has 2 aliphatic carbocycles. The second-order valence-corrected chi connectivity index (χ2v) is 5.72.